The van der Waals surface area contributed by atoms with Gasteiger partial charge in [-0.2, -0.15) is 0 Å². The Bertz CT molecular complexity index is 449. The van der Waals surface area contributed by atoms with Crippen LogP contribution in [0.5, 0.6) is 0 Å². The molecule has 0 aromatic carbocycles. The van der Waals surface area contributed by atoms with Crippen LogP contribution >= 0.6 is 0 Å². The van der Waals surface area contributed by atoms with Gasteiger partial charge < -0.3 is 28.4 Å². The molecular weight excluding hydrogens is 308 g/mol. The van der Waals surface area contributed by atoms with E-state index >= 15 is 0 Å². The molecule has 0 radical (unpaired) electrons. The molecule has 8 heteroatoms. The molecule has 2 heterocycles. The molecule has 2 aliphatic rings. The van der Waals surface area contributed by atoms with Gasteiger partial charge in [-0.1, -0.05) is 0 Å². The van der Waals surface area contributed by atoms with Crippen LogP contribution in [0.4, 0.5) is 4.79 Å². The number of esters is 1. The first-order valence-electron chi connectivity index (χ1n) is 7.80. The van der Waals surface area contributed by atoms with Gasteiger partial charge in [-0.15, -0.1) is 0 Å². The van der Waals surface area contributed by atoms with Crippen molar-refractivity contribution in [2.45, 2.75) is 70.9 Å². The highest BCUT2D eigenvalue weighted by molar-refractivity contribution is 5.76. The lowest BCUT2D eigenvalue weighted by molar-refractivity contribution is -0.206. The Morgan fingerprint density at radius 2 is 1.65 bits per heavy atom. The third-order valence-corrected chi connectivity index (χ3v) is 3.62. The minimum absolute atomic E-state index is 0.157. The van der Waals surface area contributed by atoms with Crippen LogP contribution < -0.4 is 0 Å². The van der Waals surface area contributed by atoms with E-state index in [-0.39, 0.29) is 13.2 Å². The van der Waals surface area contributed by atoms with Gasteiger partial charge in [-0.25, -0.2) is 9.59 Å². The lowest BCUT2D eigenvalue weighted by Crippen LogP contribution is -2.59. The number of fused-ring (bicyclic) bond motifs is 1. The lowest BCUT2D eigenvalue weighted by Gasteiger charge is -2.39. The monoisotopic (exact) mass is 332 g/mol. The molecule has 0 spiro atoms. The quantitative estimate of drug-likeness (QED) is 0.714. The molecule has 0 aliphatic carbocycles. The SMILES string of the molecule is CCOC(=O)O[C@H]1[C@@H]2OC(C)(C)O[C@@H]2[C@H](C)O[C@H]1C(=O)OCC. The molecule has 5 atom stereocenters. The summed E-state index contributed by atoms with van der Waals surface area (Å²) in [6.45, 7) is 8.96. The molecule has 2 rings (SSSR count). The van der Waals surface area contributed by atoms with Crippen LogP contribution in [-0.4, -0.2) is 61.6 Å². The van der Waals surface area contributed by atoms with Crippen LogP contribution in [0.3, 0.4) is 0 Å². The second-order valence-electron chi connectivity index (χ2n) is 5.84. The first kappa shape index (κ1) is 18.0. The van der Waals surface area contributed by atoms with Gasteiger partial charge in [0.05, 0.1) is 19.3 Å². The van der Waals surface area contributed by atoms with E-state index in [1.54, 1.807) is 34.6 Å². The van der Waals surface area contributed by atoms with Crippen molar-refractivity contribution in [1.82, 2.24) is 0 Å². The van der Waals surface area contributed by atoms with Crippen molar-refractivity contribution in [2.75, 3.05) is 13.2 Å². The summed E-state index contributed by atoms with van der Waals surface area (Å²) in [6.07, 6.45) is -4.51. The van der Waals surface area contributed by atoms with E-state index in [9.17, 15) is 9.59 Å². The van der Waals surface area contributed by atoms with E-state index in [2.05, 4.69) is 0 Å². The average molecular weight is 332 g/mol. The molecule has 2 saturated heterocycles. The maximum Gasteiger partial charge on any atom is 0.508 e. The summed E-state index contributed by atoms with van der Waals surface area (Å²) < 4.78 is 32.4. The molecule has 0 bridgehead atoms. The molecule has 0 aromatic heterocycles. The molecule has 8 nitrogen and oxygen atoms in total. The lowest BCUT2D eigenvalue weighted by atomic mass is 9.95. The number of carbonyl (C=O) groups is 2. The predicted octanol–water partition coefficient (Wildman–Crippen LogP) is 1.40. The van der Waals surface area contributed by atoms with Crippen molar-refractivity contribution >= 4 is 12.1 Å². The summed E-state index contributed by atoms with van der Waals surface area (Å²) in [5, 5.41) is 0. The van der Waals surface area contributed by atoms with Gasteiger partial charge in [0.2, 0.25) is 0 Å². The normalized spacial score (nSPS) is 35.3. The molecule has 0 N–H and O–H groups in total. The topological polar surface area (TPSA) is 89.5 Å². The van der Waals surface area contributed by atoms with Crippen molar-refractivity contribution in [3.8, 4) is 0 Å². The fourth-order valence-corrected chi connectivity index (χ4v) is 2.80. The highest BCUT2D eigenvalue weighted by Crippen LogP contribution is 2.38. The van der Waals surface area contributed by atoms with Crippen LogP contribution in [0, 0.1) is 0 Å². The number of hydrogen-bond donors (Lipinski definition) is 0. The van der Waals surface area contributed by atoms with Crippen molar-refractivity contribution in [3.05, 3.63) is 0 Å². The summed E-state index contributed by atoms with van der Waals surface area (Å²) in [4.78, 5) is 23.9. The Balaban J connectivity index is 2.23. The maximum atomic E-state index is 12.2. The molecular formula is C15H24O8. The first-order valence-corrected chi connectivity index (χ1v) is 7.80. The molecule has 2 aliphatic heterocycles. The zero-order valence-electron chi connectivity index (χ0n) is 14.1. The Hall–Kier alpha value is -1.38. The Labute approximate surface area is 135 Å². The molecule has 0 unspecified atom stereocenters. The number of carbonyl (C=O) groups excluding carboxylic acids is 2. The summed E-state index contributed by atoms with van der Waals surface area (Å²) in [5.74, 6) is -1.48. The Kier molecular flexibility index (Phi) is 5.49. The summed E-state index contributed by atoms with van der Waals surface area (Å²) in [5.41, 5.74) is 0. The molecule has 132 valence electrons. The van der Waals surface area contributed by atoms with E-state index < -0.39 is 48.4 Å². The van der Waals surface area contributed by atoms with Crippen molar-refractivity contribution < 1.29 is 38.0 Å². The number of hydrogen-bond acceptors (Lipinski definition) is 8. The standard InChI is InChI=1S/C15H24O8/c1-6-18-13(16)12-10(21-14(17)19-7-2)11-9(8(3)20-12)22-15(4,5)23-11/h8-12H,6-7H2,1-5H3/t8-,9+,10-,11+,12+/m0/s1. The molecule has 0 amide bonds. The van der Waals surface area contributed by atoms with E-state index in [1.165, 1.54) is 0 Å². The maximum absolute atomic E-state index is 12.2. The van der Waals surface area contributed by atoms with Gasteiger partial charge >= 0.3 is 12.1 Å². The van der Waals surface area contributed by atoms with Gasteiger partial charge in [0.15, 0.2) is 18.0 Å². The van der Waals surface area contributed by atoms with Crippen molar-refractivity contribution in [2.24, 2.45) is 0 Å². The summed E-state index contributed by atoms with van der Waals surface area (Å²) >= 11 is 0. The molecule has 0 aromatic rings. The fraction of sp³-hybridized carbons (Fsp3) is 0.867. The average Bonchev–Trinajstić information content (AvgIpc) is 2.78. The molecule has 2 fully saturated rings. The van der Waals surface area contributed by atoms with E-state index in [4.69, 9.17) is 28.4 Å². The van der Waals surface area contributed by atoms with Gasteiger partial charge in [0, 0.05) is 0 Å². The minimum atomic E-state index is -1.09. The highest BCUT2D eigenvalue weighted by atomic mass is 16.8. The van der Waals surface area contributed by atoms with Crippen LogP contribution in [0.25, 0.3) is 0 Å². The summed E-state index contributed by atoms with van der Waals surface area (Å²) in [7, 11) is 0. The molecule has 0 saturated carbocycles. The van der Waals surface area contributed by atoms with Gasteiger partial charge in [-0.05, 0) is 34.6 Å². The second-order valence-corrected chi connectivity index (χ2v) is 5.84. The largest absolute Gasteiger partial charge is 0.508 e. The van der Waals surface area contributed by atoms with Crippen LogP contribution in [0.2, 0.25) is 0 Å². The smallest absolute Gasteiger partial charge is 0.464 e. The van der Waals surface area contributed by atoms with E-state index in [0.717, 1.165) is 0 Å². The zero-order valence-corrected chi connectivity index (χ0v) is 14.1. The third-order valence-electron chi connectivity index (χ3n) is 3.62. The van der Waals surface area contributed by atoms with Gasteiger partial charge in [-0.3, -0.25) is 0 Å². The first-order chi connectivity index (χ1) is 10.8. The third kappa shape index (κ3) is 3.94. The van der Waals surface area contributed by atoms with Crippen LogP contribution in [-0.2, 0) is 33.2 Å². The van der Waals surface area contributed by atoms with E-state index in [0.29, 0.717) is 0 Å². The van der Waals surface area contributed by atoms with Crippen LogP contribution in [0.1, 0.15) is 34.6 Å². The van der Waals surface area contributed by atoms with Crippen molar-refractivity contribution in [3.63, 3.8) is 0 Å². The predicted molar refractivity (Wildman–Crippen MR) is 76.7 cm³/mol. The van der Waals surface area contributed by atoms with E-state index in [1.807, 2.05) is 0 Å². The van der Waals surface area contributed by atoms with Crippen LogP contribution in [0.15, 0.2) is 0 Å². The van der Waals surface area contributed by atoms with Gasteiger partial charge in [0.1, 0.15) is 12.2 Å². The van der Waals surface area contributed by atoms with Gasteiger partial charge in [0.25, 0.3) is 0 Å². The number of rotatable bonds is 4. The minimum Gasteiger partial charge on any atom is -0.464 e. The second kappa shape index (κ2) is 7.02. The fourth-order valence-electron chi connectivity index (χ4n) is 2.80. The highest BCUT2D eigenvalue weighted by Gasteiger charge is 2.57. The summed E-state index contributed by atoms with van der Waals surface area (Å²) in [6, 6.07) is 0. The molecule has 23 heavy (non-hydrogen) atoms. The Morgan fingerprint density at radius 3 is 2.26 bits per heavy atom. The van der Waals surface area contributed by atoms with Crippen molar-refractivity contribution in [1.29, 1.82) is 0 Å². The zero-order chi connectivity index (χ0) is 17.2. The number of ether oxygens (including phenoxy) is 6. The Morgan fingerprint density at radius 1 is 1.04 bits per heavy atom.